The van der Waals surface area contributed by atoms with Gasteiger partial charge in [-0.3, -0.25) is 4.79 Å². The van der Waals surface area contributed by atoms with Crippen LogP contribution in [0.1, 0.15) is 6.42 Å². The van der Waals surface area contributed by atoms with E-state index >= 15 is 0 Å². The maximum atomic E-state index is 12.6. The van der Waals surface area contributed by atoms with Gasteiger partial charge in [-0.15, -0.1) is 0 Å². The lowest BCUT2D eigenvalue weighted by Gasteiger charge is -2.15. The first-order chi connectivity index (χ1) is 5.11. The second kappa shape index (κ2) is 3.17. The molecule has 1 aliphatic rings. The summed E-state index contributed by atoms with van der Waals surface area (Å²) >= 11 is 0. The lowest BCUT2D eigenvalue weighted by Crippen LogP contribution is -2.39. The quantitative estimate of drug-likeness (QED) is 0.575. The van der Waals surface area contributed by atoms with E-state index in [1.165, 1.54) is 4.90 Å². The van der Waals surface area contributed by atoms with Gasteiger partial charge in [-0.1, -0.05) is 0 Å². The van der Waals surface area contributed by atoms with Crippen molar-refractivity contribution < 1.29 is 9.18 Å². The molecule has 0 aromatic carbocycles. The summed E-state index contributed by atoms with van der Waals surface area (Å²) in [5, 5.41) is 2.82. The van der Waals surface area contributed by atoms with Crippen LogP contribution in [0, 0.1) is 0 Å². The molecular formula is C7H13FN2O. The second-order valence-electron chi connectivity index (χ2n) is 3.03. The molecule has 0 radical (unpaired) electrons. The summed E-state index contributed by atoms with van der Waals surface area (Å²) in [5.41, 5.74) is 0. The minimum atomic E-state index is -0.858. The van der Waals surface area contributed by atoms with Crippen molar-refractivity contribution in [2.45, 2.75) is 18.6 Å². The summed E-state index contributed by atoms with van der Waals surface area (Å²) in [6.07, 6.45) is -0.541. The number of amides is 1. The van der Waals surface area contributed by atoms with Crippen molar-refractivity contribution in [3.63, 3.8) is 0 Å². The minimum Gasteiger partial charge on any atom is -0.347 e. The second-order valence-corrected chi connectivity index (χ2v) is 3.03. The summed E-state index contributed by atoms with van der Waals surface area (Å²) < 4.78 is 12.6. The molecular weight excluding hydrogens is 147 g/mol. The zero-order valence-corrected chi connectivity index (χ0v) is 6.80. The molecule has 1 saturated heterocycles. The van der Waals surface area contributed by atoms with Crippen molar-refractivity contribution >= 4 is 5.91 Å². The van der Waals surface area contributed by atoms with E-state index in [0.29, 0.717) is 13.0 Å². The van der Waals surface area contributed by atoms with Gasteiger partial charge in [0.05, 0.1) is 6.04 Å². The summed E-state index contributed by atoms with van der Waals surface area (Å²) in [4.78, 5) is 12.7. The van der Waals surface area contributed by atoms with Gasteiger partial charge in [0, 0.05) is 27.1 Å². The number of carbonyl (C=O) groups is 1. The molecule has 0 aliphatic carbocycles. The smallest absolute Gasteiger partial charge is 0.239 e. The highest BCUT2D eigenvalue weighted by Crippen LogP contribution is 2.10. The Morgan fingerprint density at radius 3 is 2.64 bits per heavy atom. The van der Waals surface area contributed by atoms with Gasteiger partial charge < -0.3 is 10.2 Å². The average Bonchev–Trinajstić information content (AvgIpc) is 2.34. The SMILES string of the molecule is CN(C)C(=O)C1C[C@@H](F)CN1. The van der Waals surface area contributed by atoms with Crippen LogP contribution in [0.2, 0.25) is 0 Å². The van der Waals surface area contributed by atoms with Gasteiger partial charge in [0.25, 0.3) is 0 Å². The van der Waals surface area contributed by atoms with E-state index in [2.05, 4.69) is 5.32 Å². The number of halogens is 1. The van der Waals surface area contributed by atoms with Gasteiger partial charge in [-0.05, 0) is 0 Å². The fourth-order valence-corrected chi connectivity index (χ4v) is 1.19. The molecule has 0 aromatic rings. The molecule has 0 saturated carbocycles. The summed E-state index contributed by atoms with van der Waals surface area (Å²) in [6.45, 7) is 0.310. The molecule has 1 N–H and O–H groups in total. The fraction of sp³-hybridized carbons (Fsp3) is 0.857. The third-order valence-electron chi connectivity index (χ3n) is 1.82. The first kappa shape index (κ1) is 8.46. The third-order valence-corrected chi connectivity index (χ3v) is 1.82. The highest BCUT2D eigenvalue weighted by atomic mass is 19.1. The predicted molar refractivity (Wildman–Crippen MR) is 40.0 cm³/mol. The molecule has 3 nitrogen and oxygen atoms in total. The van der Waals surface area contributed by atoms with Crippen LogP contribution in [0.15, 0.2) is 0 Å². The molecule has 1 heterocycles. The van der Waals surface area contributed by atoms with Crippen LogP contribution in [-0.2, 0) is 4.79 Å². The fourth-order valence-electron chi connectivity index (χ4n) is 1.19. The number of nitrogens with zero attached hydrogens (tertiary/aromatic N) is 1. The van der Waals surface area contributed by atoms with Crippen molar-refractivity contribution in [2.75, 3.05) is 20.6 Å². The molecule has 0 spiro atoms. The van der Waals surface area contributed by atoms with E-state index in [-0.39, 0.29) is 11.9 Å². The van der Waals surface area contributed by atoms with Crippen molar-refractivity contribution in [3.05, 3.63) is 0 Å². The van der Waals surface area contributed by atoms with Crippen molar-refractivity contribution in [1.82, 2.24) is 10.2 Å². The van der Waals surface area contributed by atoms with Crippen LogP contribution in [0.5, 0.6) is 0 Å². The number of alkyl halides is 1. The van der Waals surface area contributed by atoms with Crippen molar-refractivity contribution in [2.24, 2.45) is 0 Å². The summed E-state index contributed by atoms with van der Waals surface area (Å²) in [5.74, 6) is -0.0369. The average molecular weight is 160 g/mol. The lowest BCUT2D eigenvalue weighted by atomic mass is 10.2. The highest BCUT2D eigenvalue weighted by Gasteiger charge is 2.29. The molecule has 0 bridgehead atoms. The molecule has 1 aliphatic heterocycles. The molecule has 4 heteroatoms. The minimum absolute atomic E-state index is 0.0369. The predicted octanol–water partition coefficient (Wildman–Crippen LogP) is -0.225. The number of hydrogen-bond donors (Lipinski definition) is 1. The summed E-state index contributed by atoms with van der Waals surface area (Å²) in [6, 6.07) is -0.306. The van der Waals surface area contributed by atoms with Crippen LogP contribution >= 0.6 is 0 Å². The zero-order valence-electron chi connectivity index (χ0n) is 6.80. The first-order valence-electron chi connectivity index (χ1n) is 3.70. The topological polar surface area (TPSA) is 32.3 Å². The maximum absolute atomic E-state index is 12.6. The van der Waals surface area contributed by atoms with Crippen LogP contribution in [-0.4, -0.2) is 43.7 Å². The molecule has 11 heavy (non-hydrogen) atoms. The van der Waals surface area contributed by atoms with Gasteiger partial charge in [0.2, 0.25) is 5.91 Å². The number of rotatable bonds is 1. The third kappa shape index (κ3) is 1.89. The van der Waals surface area contributed by atoms with E-state index in [1.54, 1.807) is 14.1 Å². The van der Waals surface area contributed by atoms with Crippen molar-refractivity contribution in [1.29, 1.82) is 0 Å². The largest absolute Gasteiger partial charge is 0.347 e. The highest BCUT2D eigenvalue weighted by molar-refractivity contribution is 5.81. The van der Waals surface area contributed by atoms with E-state index in [4.69, 9.17) is 0 Å². The Hall–Kier alpha value is -0.640. The Morgan fingerprint density at radius 2 is 2.27 bits per heavy atom. The lowest BCUT2D eigenvalue weighted by molar-refractivity contribution is -0.130. The number of nitrogens with one attached hydrogen (secondary N) is 1. The van der Waals surface area contributed by atoms with Crippen molar-refractivity contribution in [3.8, 4) is 0 Å². The summed E-state index contributed by atoms with van der Waals surface area (Å²) in [7, 11) is 3.35. The Kier molecular flexibility index (Phi) is 2.44. The van der Waals surface area contributed by atoms with Crippen LogP contribution in [0.3, 0.4) is 0 Å². The van der Waals surface area contributed by atoms with E-state index in [1.807, 2.05) is 0 Å². The standard InChI is InChI=1S/C7H13FN2O/c1-10(2)7(11)6-3-5(8)4-9-6/h5-6,9H,3-4H2,1-2H3/t5-,6?/m1/s1. The molecule has 2 atom stereocenters. The van der Waals surface area contributed by atoms with Gasteiger partial charge >= 0.3 is 0 Å². The Bertz CT molecular complexity index is 161. The van der Waals surface area contributed by atoms with E-state index in [9.17, 15) is 9.18 Å². The zero-order chi connectivity index (χ0) is 8.43. The van der Waals surface area contributed by atoms with Crippen LogP contribution < -0.4 is 5.32 Å². The molecule has 1 rings (SSSR count). The Balaban J connectivity index is 2.43. The Labute approximate surface area is 65.6 Å². The maximum Gasteiger partial charge on any atom is 0.239 e. The molecule has 0 aromatic heterocycles. The van der Waals surface area contributed by atoms with E-state index in [0.717, 1.165) is 0 Å². The van der Waals surface area contributed by atoms with Gasteiger partial charge in [-0.25, -0.2) is 4.39 Å². The van der Waals surface area contributed by atoms with Crippen LogP contribution in [0.4, 0.5) is 4.39 Å². The Morgan fingerprint density at radius 1 is 1.64 bits per heavy atom. The van der Waals surface area contributed by atoms with Gasteiger partial charge in [0.15, 0.2) is 0 Å². The normalized spacial score (nSPS) is 30.5. The molecule has 1 unspecified atom stereocenters. The number of carbonyl (C=O) groups excluding carboxylic acids is 1. The number of hydrogen-bond acceptors (Lipinski definition) is 2. The first-order valence-corrected chi connectivity index (χ1v) is 3.70. The van der Waals surface area contributed by atoms with E-state index < -0.39 is 6.17 Å². The number of likely N-dealkylation sites (N-methyl/N-ethyl adjacent to an activating group) is 1. The molecule has 1 amide bonds. The van der Waals surface area contributed by atoms with Crippen LogP contribution in [0.25, 0.3) is 0 Å². The molecule has 64 valence electrons. The van der Waals surface area contributed by atoms with Gasteiger partial charge in [0.1, 0.15) is 6.17 Å². The van der Waals surface area contributed by atoms with Gasteiger partial charge in [-0.2, -0.15) is 0 Å². The molecule has 1 fully saturated rings. The monoisotopic (exact) mass is 160 g/mol.